The van der Waals surface area contributed by atoms with Crippen molar-refractivity contribution in [1.29, 1.82) is 0 Å². The van der Waals surface area contributed by atoms with Crippen molar-refractivity contribution < 1.29 is 9.90 Å². The number of hydrogen-bond acceptors (Lipinski definition) is 1. The minimum Gasteiger partial charge on any atom is -0.478 e. The summed E-state index contributed by atoms with van der Waals surface area (Å²) in [7, 11) is 0. The van der Waals surface area contributed by atoms with Crippen molar-refractivity contribution in [2.75, 3.05) is 0 Å². The Morgan fingerprint density at radius 1 is 0.944 bits per heavy atom. The van der Waals surface area contributed by atoms with E-state index in [1.807, 2.05) is 13.8 Å². The molecule has 0 amide bonds. The zero-order chi connectivity index (χ0) is 13.3. The monoisotopic (exact) mass is 240 g/mol. The van der Waals surface area contributed by atoms with Gasteiger partial charge in [0, 0.05) is 0 Å². The fourth-order valence-corrected chi connectivity index (χ4v) is 2.26. The maximum atomic E-state index is 11.0. The van der Waals surface area contributed by atoms with Crippen LogP contribution >= 0.6 is 0 Å². The Morgan fingerprint density at radius 3 is 1.89 bits per heavy atom. The molecule has 92 valence electrons. The highest BCUT2D eigenvalue weighted by Crippen LogP contribution is 2.28. The number of rotatable bonds is 2. The van der Waals surface area contributed by atoms with E-state index in [1.165, 1.54) is 5.56 Å². The molecule has 0 aromatic heterocycles. The van der Waals surface area contributed by atoms with Crippen LogP contribution in [0.2, 0.25) is 0 Å². The summed E-state index contributed by atoms with van der Waals surface area (Å²) in [5.74, 6) is -0.878. The van der Waals surface area contributed by atoms with Gasteiger partial charge in [0.25, 0.3) is 0 Å². The van der Waals surface area contributed by atoms with Crippen LogP contribution in [0, 0.1) is 20.8 Å². The molecule has 2 rings (SSSR count). The van der Waals surface area contributed by atoms with E-state index in [4.69, 9.17) is 5.11 Å². The van der Waals surface area contributed by atoms with E-state index in [9.17, 15) is 4.79 Å². The molecular formula is C16H16O2. The summed E-state index contributed by atoms with van der Waals surface area (Å²) >= 11 is 0. The Labute approximate surface area is 107 Å². The molecule has 0 heterocycles. The van der Waals surface area contributed by atoms with Gasteiger partial charge in [-0.05, 0) is 55.2 Å². The van der Waals surface area contributed by atoms with Gasteiger partial charge in [-0.25, -0.2) is 4.79 Å². The molecule has 2 nitrogen and oxygen atoms in total. The van der Waals surface area contributed by atoms with E-state index in [-0.39, 0.29) is 0 Å². The lowest BCUT2D eigenvalue weighted by Gasteiger charge is -2.11. The van der Waals surface area contributed by atoms with Crippen molar-refractivity contribution in [1.82, 2.24) is 0 Å². The van der Waals surface area contributed by atoms with Crippen molar-refractivity contribution in [3.8, 4) is 11.1 Å². The second-order valence-electron chi connectivity index (χ2n) is 4.66. The molecule has 0 unspecified atom stereocenters. The Hall–Kier alpha value is -2.09. The molecule has 0 aliphatic rings. The fraction of sp³-hybridized carbons (Fsp3) is 0.188. The van der Waals surface area contributed by atoms with Gasteiger partial charge in [-0.3, -0.25) is 0 Å². The first-order valence-corrected chi connectivity index (χ1v) is 5.90. The number of aryl methyl sites for hydroxylation is 3. The lowest BCUT2D eigenvalue weighted by molar-refractivity contribution is 0.0696. The minimum absolute atomic E-state index is 0.348. The third-order valence-corrected chi connectivity index (χ3v) is 3.12. The van der Waals surface area contributed by atoms with Crippen LogP contribution in [0.25, 0.3) is 11.1 Å². The number of hydrogen-bond donors (Lipinski definition) is 1. The number of carbonyl (C=O) groups is 1. The lowest BCUT2D eigenvalue weighted by atomic mass is 9.93. The normalized spacial score (nSPS) is 10.4. The van der Waals surface area contributed by atoms with Gasteiger partial charge >= 0.3 is 5.97 Å². The van der Waals surface area contributed by atoms with Crippen LogP contribution in [0.5, 0.6) is 0 Å². The molecule has 0 aliphatic heterocycles. The van der Waals surface area contributed by atoms with Gasteiger partial charge in [-0.1, -0.05) is 29.8 Å². The largest absolute Gasteiger partial charge is 0.478 e. The van der Waals surface area contributed by atoms with Crippen molar-refractivity contribution in [2.45, 2.75) is 20.8 Å². The Kier molecular flexibility index (Phi) is 3.19. The minimum atomic E-state index is -0.878. The molecule has 0 fully saturated rings. The number of aromatic carboxylic acids is 1. The summed E-state index contributed by atoms with van der Waals surface area (Å²) in [4.78, 5) is 11.0. The Bertz CT molecular complexity index is 572. The van der Waals surface area contributed by atoms with Crippen LogP contribution in [-0.2, 0) is 0 Å². The van der Waals surface area contributed by atoms with Gasteiger partial charge in [0.15, 0.2) is 0 Å². The van der Waals surface area contributed by atoms with Gasteiger partial charge in [0.2, 0.25) is 0 Å². The molecule has 18 heavy (non-hydrogen) atoms. The van der Waals surface area contributed by atoms with E-state index in [1.54, 1.807) is 12.1 Å². The topological polar surface area (TPSA) is 37.3 Å². The second kappa shape index (κ2) is 4.65. The van der Waals surface area contributed by atoms with Crippen LogP contribution in [0.1, 0.15) is 27.0 Å². The smallest absolute Gasteiger partial charge is 0.335 e. The third-order valence-electron chi connectivity index (χ3n) is 3.12. The predicted octanol–water partition coefficient (Wildman–Crippen LogP) is 3.98. The van der Waals surface area contributed by atoms with Gasteiger partial charge in [0.1, 0.15) is 0 Å². The molecule has 0 spiro atoms. The zero-order valence-corrected chi connectivity index (χ0v) is 10.8. The highest BCUT2D eigenvalue weighted by molar-refractivity contribution is 5.89. The zero-order valence-electron chi connectivity index (χ0n) is 10.8. The van der Waals surface area contributed by atoms with E-state index in [2.05, 4.69) is 31.2 Å². The highest BCUT2D eigenvalue weighted by atomic mass is 16.4. The van der Waals surface area contributed by atoms with Crippen LogP contribution in [0.15, 0.2) is 36.4 Å². The number of carboxylic acids is 1. The van der Waals surface area contributed by atoms with Crippen molar-refractivity contribution in [2.24, 2.45) is 0 Å². The van der Waals surface area contributed by atoms with Gasteiger partial charge < -0.3 is 5.11 Å². The third kappa shape index (κ3) is 2.28. The van der Waals surface area contributed by atoms with E-state index < -0.39 is 5.97 Å². The maximum absolute atomic E-state index is 11.0. The molecular weight excluding hydrogens is 224 g/mol. The van der Waals surface area contributed by atoms with Crippen LogP contribution in [-0.4, -0.2) is 11.1 Å². The molecule has 0 aliphatic carbocycles. The van der Waals surface area contributed by atoms with Gasteiger partial charge in [-0.15, -0.1) is 0 Å². The maximum Gasteiger partial charge on any atom is 0.335 e. The molecule has 2 heteroatoms. The van der Waals surface area contributed by atoms with Gasteiger partial charge in [0.05, 0.1) is 5.56 Å². The van der Waals surface area contributed by atoms with Crippen LogP contribution in [0.4, 0.5) is 0 Å². The summed E-state index contributed by atoms with van der Waals surface area (Å²) in [6, 6.07) is 11.7. The molecule has 0 saturated carbocycles. The SMILES string of the molecule is Cc1ccc(-c2c(C)cc(C(=O)O)cc2C)cc1. The summed E-state index contributed by atoms with van der Waals surface area (Å²) < 4.78 is 0. The Morgan fingerprint density at radius 2 is 1.44 bits per heavy atom. The summed E-state index contributed by atoms with van der Waals surface area (Å²) in [5.41, 5.74) is 5.82. The van der Waals surface area contributed by atoms with Crippen molar-refractivity contribution in [3.63, 3.8) is 0 Å². The average molecular weight is 240 g/mol. The molecule has 1 N–H and O–H groups in total. The van der Waals surface area contributed by atoms with Crippen LogP contribution < -0.4 is 0 Å². The average Bonchev–Trinajstić information content (AvgIpc) is 2.30. The van der Waals surface area contributed by atoms with Crippen molar-refractivity contribution >= 4 is 5.97 Å². The fourth-order valence-electron chi connectivity index (χ4n) is 2.26. The molecule has 0 radical (unpaired) electrons. The lowest BCUT2D eigenvalue weighted by Crippen LogP contribution is -1.99. The van der Waals surface area contributed by atoms with Crippen molar-refractivity contribution in [3.05, 3.63) is 58.7 Å². The second-order valence-corrected chi connectivity index (χ2v) is 4.66. The number of benzene rings is 2. The first-order chi connectivity index (χ1) is 8.49. The molecule has 2 aromatic carbocycles. The van der Waals surface area contributed by atoms with E-state index >= 15 is 0 Å². The van der Waals surface area contributed by atoms with E-state index in [0.29, 0.717) is 5.56 Å². The molecule has 0 bridgehead atoms. The molecule has 0 atom stereocenters. The quantitative estimate of drug-likeness (QED) is 0.862. The molecule has 2 aromatic rings. The first-order valence-electron chi connectivity index (χ1n) is 5.90. The predicted molar refractivity (Wildman–Crippen MR) is 73.0 cm³/mol. The van der Waals surface area contributed by atoms with Crippen LogP contribution in [0.3, 0.4) is 0 Å². The summed E-state index contributed by atoms with van der Waals surface area (Å²) in [5, 5.41) is 9.03. The standard InChI is InChI=1S/C16H16O2/c1-10-4-6-13(7-5-10)15-11(2)8-14(16(17)18)9-12(15)3/h4-9H,1-3H3,(H,17,18). The summed E-state index contributed by atoms with van der Waals surface area (Å²) in [6.45, 7) is 5.96. The summed E-state index contributed by atoms with van der Waals surface area (Å²) in [6.07, 6.45) is 0. The van der Waals surface area contributed by atoms with Gasteiger partial charge in [-0.2, -0.15) is 0 Å². The number of carboxylic acid groups (broad SMARTS) is 1. The highest BCUT2D eigenvalue weighted by Gasteiger charge is 2.10. The Balaban J connectivity index is 2.58. The van der Waals surface area contributed by atoms with E-state index in [0.717, 1.165) is 22.3 Å². The first kappa shape index (κ1) is 12.4. The molecule has 0 saturated heterocycles.